The van der Waals surface area contributed by atoms with Crippen LogP contribution in [0.5, 0.6) is 5.75 Å². The Bertz CT molecular complexity index is 475. The Hall–Kier alpha value is -1.77. The lowest BCUT2D eigenvalue weighted by Crippen LogP contribution is -2.05. The molecule has 17 heavy (non-hydrogen) atoms. The minimum Gasteiger partial charge on any atom is -0.493 e. The van der Waals surface area contributed by atoms with Gasteiger partial charge in [-0.2, -0.15) is 0 Å². The van der Waals surface area contributed by atoms with E-state index >= 15 is 0 Å². The number of hydrogen-bond acceptors (Lipinski definition) is 2. The first-order valence-electron chi connectivity index (χ1n) is 5.63. The van der Waals surface area contributed by atoms with Crippen LogP contribution in [-0.2, 0) is 0 Å². The van der Waals surface area contributed by atoms with E-state index in [1.807, 2.05) is 0 Å². The highest BCUT2D eigenvalue weighted by atomic mass is 19.1. The zero-order chi connectivity index (χ0) is 12.3. The van der Waals surface area contributed by atoms with E-state index in [4.69, 9.17) is 9.15 Å². The number of ether oxygens (including phenoxy) is 1. The molecule has 1 aromatic carbocycles. The van der Waals surface area contributed by atoms with Crippen molar-refractivity contribution >= 4 is 0 Å². The van der Waals surface area contributed by atoms with Crippen LogP contribution >= 0.6 is 0 Å². The fourth-order valence-corrected chi connectivity index (χ4v) is 1.51. The summed E-state index contributed by atoms with van der Waals surface area (Å²) in [5, 5.41) is 0. The molecule has 3 heteroatoms. The van der Waals surface area contributed by atoms with Gasteiger partial charge < -0.3 is 9.15 Å². The number of rotatable bonds is 4. The Balaban J connectivity index is 2.31. The Kier molecular flexibility index (Phi) is 3.47. The van der Waals surface area contributed by atoms with Crippen molar-refractivity contribution in [3.8, 4) is 17.1 Å². The third-order valence-corrected chi connectivity index (χ3v) is 2.30. The van der Waals surface area contributed by atoms with E-state index in [1.54, 1.807) is 24.5 Å². The predicted octanol–water partition coefficient (Wildman–Crippen LogP) is 4.12. The van der Waals surface area contributed by atoms with Gasteiger partial charge in [0.2, 0.25) is 0 Å². The van der Waals surface area contributed by atoms with Crippen molar-refractivity contribution in [2.45, 2.75) is 13.8 Å². The predicted molar refractivity (Wildman–Crippen MR) is 64.4 cm³/mol. The van der Waals surface area contributed by atoms with Crippen LogP contribution in [-0.4, -0.2) is 6.61 Å². The average Bonchev–Trinajstić information content (AvgIpc) is 2.80. The van der Waals surface area contributed by atoms with Crippen molar-refractivity contribution in [3.05, 3.63) is 42.4 Å². The van der Waals surface area contributed by atoms with Crippen LogP contribution in [0.3, 0.4) is 0 Å². The van der Waals surface area contributed by atoms with Gasteiger partial charge in [-0.15, -0.1) is 0 Å². The summed E-state index contributed by atoms with van der Waals surface area (Å²) in [4.78, 5) is 0. The van der Waals surface area contributed by atoms with Gasteiger partial charge in [-0.3, -0.25) is 0 Å². The number of halogens is 1. The normalized spacial score (nSPS) is 10.8. The first-order valence-corrected chi connectivity index (χ1v) is 5.63. The molecule has 1 heterocycles. The lowest BCUT2D eigenvalue weighted by Gasteiger charge is -2.11. The molecule has 0 aliphatic carbocycles. The molecule has 0 aliphatic rings. The Morgan fingerprint density at radius 2 is 2.12 bits per heavy atom. The fourth-order valence-electron chi connectivity index (χ4n) is 1.51. The maximum absolute atomic E-state index is 13.2. The topological polar surface area (TPSA) is 22.4 Å². The second kappa shape index (κ2) is 5.04. The smallest absolute Gasteiger partial charge is 0.137 e. The largest absolute Gasteiger partial charge is 0.493 e. The quantitative estimate of drug-likeness (QED) is 0.794. The van der Waals surface area contributed by atoms with Crippen molar-refractivity contribution in [3.63, 3.8) is 0 Å². The zero-order valence-corrected chi connectivity index (χ0v) is 9.94. The molecule has 2 aromatic rings. The lowest BCUT2D eigenvalue weighted by atomic mass is 10.1. The highest BCUT2D eigenvalue weighted by molar-refractivity contribution is 5.65. The van der Waals surface area contributed by atoms with Crippen molar-refractivity contribution in [2.75, 3.05) is 6.61 Å². The van der Waals surface area contributed by atoms with Crippen LogP contribution in [0.1, 0.15) is 13.8 Å². The average molecular weight is 234 g/mol. The van der Waals surface area contributed by atoms with Gasteiger partial charge in [0.25, 0.3) is 0 Å². The molecular weight excluding hydrogens is 219 g/mol. The van der Waals surface area contributed by atoms with Crippen molar-refractivity contribution in [1.29, 1.82) is 0 Å². The van der Waals surface area contributed by atoms with E-state index in [9.17, 15) is 4.39 Å². The second-order valence-corrected chi connectivity index (χ2v) is 4.32. The van der Waals surface area contributed by atoms with E-state index < -0.39 is 0 Å². The first kappa shape index (κ1) is 11.7. The monoisotopic (exact) mass is 234 g/mol. The maximum Gasteiger partial charge on any atom is 0.137 e. The summed E-state index contributed by atoms with van der Waals surface area (Å²) in [6.07, 6.45) is 1.56. The molecule has 0 atom stereocenters. The molecule has 0 unspecified atom stereocenters. The molecule has 1 aromatic heterocycles. The van der Waals surface area contributed by atoms with Gasteiger partial charge in [0.15, 0.2) is 0 Å². The summed E-state index contributed by atoms with van der Waals surface area (Å²) in [6.45, 7) is 4.73. The van der Waals surface area contributed by atoms with E-state index in [0.29, 0.717) is 29.6 Å². The highest BCUT2D eigenvalue weighted by Gasteiger charge is 2.10. The third kappa shape index (κ3) is 2.87. The van der Waals surface area contributed by atoms with E-state index in [2.05, 4.69) is 13.8 Å². The van der Waals surface area contributed by atoms with Crippen molar-refractivity contribution in [2.24, 2.45) is 5.92 Å². The van der Waals surface area contributed by atoms with E-state index in [0.717, 1.165) is 0 Å². The summed E-state index contributed by atoms with van der Waals surface area (Å²) in [5.74, 6) is 1.39. The summed E-state index contributed by atoms with van der Waals surface area (Å²) >= 11 is 0. The fraction of sp³-hybridized carbons (Fsp3) is 0.286. The van der Waals surface area contributed by atoms with Crippen molar-refractivity contribution in [1.82, 2.24) is 0 Å². The molecule has 2 rings (SSSR count). The van der Waals surface area contributed by atoms with Crippen LogP contribution in [0.2, 0.25) is 0 Å². The van der Waals surface area contributed by atoms with E-state index in [1.165, 1.54) is 12.1 Å². The van der Waals surface area contributed by atoms with Gasteiger partial charge in [-0.1, -0.05) is 13.8 Å². The number of benzene rings is 1. The summed E-state index contributed by atoms with van der Waals surface area (Å²) < 4.78 is 24.2. The molecule has 0 saturated heterocycles. The van der Waals surface area contributed by atoms with Crippen LogP contribution in [0, 0.1) is 11.7 Å². The SMILES string of the molecule is CC(C)COc1ccc(F)cc1-c1ccco1. The standard InChI is InChI=1S/C14H15FO2/c1-10(2)9-17-14-6-5-11(15)8-12(14)13-4-3-7-16-13/h3-8,10H,9H2,1-2H3. The van der Waals surface area contributed by atoms with Gasteiger partial charge in [0.05, 0.1) is 18.4 Å². The van der Waals surface area contributed by atoms with Crippen LogP contribution in [0.15, 0.2) is 41.0 Å². The zero-order valence-electron chi connectivity index (χ0n) is 9.94. The van der Waals surface area contributed by atoms with Gasteiger partial charge in [-0.25, -0.2) is 4.39 Å². The Morgan fingerprint density at radius 1 is 1.29 bits per heavy atom. The summed E-state index contributed by atoms with van der Waals surface area (Å²) in [6, 6.07) is 8.01. The minimum absolute atomic E-state index is 0.298. The lowest BCUT2D eigenvalue weighted by molar-refractivity contribution is 0.271. The van der Waals surface area contributed by atoms with Gasteiger partial charge in [-0.05, 0) is 36.2 Å². The van der Waals surface area contributed by atoms with Gasteiger partial charge in [0, 0.05) is 0 Å². The molecule has 0 saturated carbocycles. The molecule has 0 bridgehead atoms. The molecule has 90 valence electrons. The maximum atomic E-state index is 13.2. The van der Waals surface area contributed by atoms with E-state index in [-0.39, 0.29) is 5.82 Å². The second-order valence-electron chi connectivity index (χ2n) is 4.32. The highest BCUT2D eigenvalue weighted by Crippen LogP contribution is 2.31. The minimum atomic E-state index is -0.298. The molecule has 0 fully saturated rings. The first-order chi connectivity index (χ1) is 8.16. The molecule has 0 amide bonds. The van der Waals surface area contributed by atoms with Crippen LogP contribution in [0.4, 0.5) is 4.39 Å². The number of hydrogen-bond donors (Lipinski definition) is 0. The molecule has 0 N–H and O–H groups in total. The summed E-state index contributed by atoms with van der Waals surface area (Å²) in [7, 11) is 0. The third-order valence-electron chi connectivity index (χ3n) is 2.30. The summed E-state index contributed by atoms with van der Waals surface area (Å²) in [5.41, 5.74) is 0.649. The van der Waals surface area contributed by atoms with Crippen LogP contribution < -0.4 is 4.74 Å². The van der Waals surface area contributed by atoms with Gasteiger partial charge in [0.1, 0.15) is 17.3 Å². The Labute approximate surface area is 100 Å². The van der Waals surface area contributed by atoms with Crippen LogP contribution in [0.25, 0.3) is 11.3 Å². The number of furan rings is 1. The van der Waals surface area contributed by atoms with Crippen molar-refractivity contribution < 1.29 is 13.5 Å². The Morgan fingerprint density at radius 3 is 2.76 bits per heavy atom. The molecule has 2 nitrogen and oxygen atoms in total. The molecule has 0 aliphatic heterocycles. The molecule has 0 spiro atoms. The van der Waals surface area contributed by atoms with Gasteiger partial charge >= 0.3 is 0 Å². The molecular formula is C14H15FO2. The molecule has 0 radical (unpaired) electrons.